The molecule has 5 heteroatoms. The fourth-order valence-electron chi connectivity index (χ4n) is 1.49. The molecule has 2 rings (SSSR count). The van der Waals surface area contributed by atoms with E-state index in [-0.39, 0.29) is 5.56 Å². The maximum absolute atomic E-state index is 13.0. The van der Waals surface area contributed by atoms with Gasteiger partial charge in [-0.25, -0.2) is 8.78 Å². The van der Waals surface area contributed by atoms with E-state index in [2.05, 4.69) is 0 Å². The van der Waals surface area contributed by atoms with Crippen molar-refractivity contribution in [1.29, 1.82) is 0 Å². The first-order chi connectivity index (χ1) is 8.47. The molecule has 0 unspecified atom stereocenters. The van der Waals surface area contributed by atoms with Gasteiger partial charge in [0.15, 0.2) is 5.78 Å². The van der Waals surface area contributed by atoms with Crippen LogP contribution >= 0.6 is 34.2 Å². The minimum Gasteiger partial charge on any atom is -0.289 e. The zero-order valence-electron chi connectivity index (χ0n) is 8.88. The summed E-state index contributed by atoms with van der Waals surface area (Å²) in [6.45, 7) is 0. The van der Waals surface area contributed by atoms with Gasteiger partial charge in [0.25, 0.3) is 0 Å². The molecule has 0 fully saturated rings. The summed E-state index contributed by atoms with van der Waals surface area (Å²) < 4.78 is 26.9. The third kappa shape index (κ3) is 2.87. The fraction of sp³-hybridized carbons (Fsp3) is 0. The van der Waals surface area contributed by atoms with Gasteiger partial charge >= 0.3 is 0 Å². The van der Waals surface area contributed by atoms with Crippen molar-refractivity contribution >= 4 is 40.0 Å². The van der Waals surface area contributed by atoms with Gasteiger partial charge in [-0.05, 0) is 52.9 Å². The molecule has 0 aliphatic heterocycles. The Morgan fingerprint density at radius 1 is 1.00 bits per heavy atom. The number of hydrogen-bond acceptors (Lipinski definition) is 1. The molecule has 0 aromatic heterocycles. The molecular weight excluding hydrogens is 372 g/mol. The van der Waals surface area contributed by atoms with Gasteiger partial charge in [-0.15, -0.1) is 0 Å². The van der Waals surface area contributed by atoms with E-state index in [4.69, 9.17) is 11.6 Å². The number of benzene rings is 2. The predicted octanol–water partition coefficient (Wildman–Crippen LogP) is 4.45. The lowest BCUT2D eigenvalue weighted by Gasteiger charge is -2.03. The zero-order chi connectivity index (χ0) is 13.3. The second kappa shape index (κ2) is 5.32. The molecule has 2 aromatic rings. The van der Waals surface area contributed by atoms with E-state index >= 15 is 0 Å². The van der Waals surface area contributed by atoms with Crippen molar-refractivity contribution in [2.45, 2.75) is 0 Å². The summed E-state index contributed by atoms with van der Waals surface area (Å²) in [7, 11) is 0. The number of halogens is 4. The normalized spacial score (nSPS) is 10.4. The van der Waals surface area contributed by atoms with Crippen LogP contribution in [0.5, 0.6) is 0 Å². The van der Waals surface area contributed by atoms with Crippen molar-refractivity contribution in [3.8, 4) is 0 Å². The number of rotatable bonds is 2. The highest BCUT2D eigenvalue weighted by molar-refractivity contribution is 14.1. The quantitative estimate of drug-likeness (QED) is 0.557. The number of hydrogen-bond donors (Lipinski definition) is 0. The molecule has 0 aliphatic carbocycles. The molecule has 92 valence electrons. The molecule has 0 aliphatic rings. The summed E-state index contributed by atoms with van der Waals surface area (Å²) in [4.78, 5) is 12.0. The molecular formula is C13H6ClF2IO. The molecule has 0 spiro atoms. The summed E-state index contributed by atoms with van der Waals surface area (Å²) in [6, 6.07) is 7.44. The number of ketones is 1. The standard InChI is InChI=1S/C13H6ClF2IO/c14-11-5-7(1-2-12(11)17)13(18)8-3-9(15)6-10(16)4-8/h1-6H. The largest absolute Gasteiger partial charge is 0.289 e. The molecule has 2 aromatic carbocycles. The van der Waals surface area contributed by atoms with Gasteiger partial charge in [-0.1, -0.05) is 11.6 Å². The highest BCUT2D eigenvalue weighted by Gasteiger charge is 2.13. The molecule has 0 atom stereocenters. The molecule has 0 bridgehead atoms. The average molecular weight is 379 g/mol. The van der Waals surface area contributed by atoms with Crippen LogP contribution in [0.1, 0.15) is 15.9 Å². The maximum atomic E-state index is 13.0. The van der Waals surface area contributed by atoms with Crippen LogP contribution in [0.25, 0.3) is 0 Å². The lowest BCUT2D eigenvalue weighted by atomic mass is 10.0. The van der Waals surface area contributed by atoms with Crippen molar-refractivity contribution in [2.75, 3.05) is 0 Å². The molecule has 0 amide bonds. The molecule has 0 radical (unpaired) electrons. The van der Waals surface area contributed by atoms with E-state index in [1.807, 2.05) is 22.6 Å². The van der Waals surface area contributed by atoms with E-state index < -0.39 is 17.4 Å². The van der Waals surface area contributed by atoms with E-state index in [1.54, 1.807) is 12.1 Å². The second-order valence-electron chi connectivity index (χ2n) is 3.62. The SMILES string of the molecule is O=C(c1cc(F)cc(F)c1)c1ccc(I)c(Cl)c1. The summed E-state index contributed by atoms with van der Waals surface area (Å²) in [5, 5.41) is 0.429. The Bertz CT molecular complexity index is 608. The molecule has 0 saturated carbocycles. The Morgan fingerprint density at radius 3 is 2.17 bits per heavy atom. The van der Waals surface area contributed by atoms with Crippen LogP contribution < -0.4 is 0 Å². The third-order valence-corrected chi connectivity index (χ3v) is 3.88. The predicted molar refractivity (Wildman–Crippen MR) is 74.0 cm³/mol. The van der Waals surface area contributed by atoms with E-state index in [0.717, 1.165) is 21.8 Å². The molecule has 0 heterocycles. The first-order valence-corrected chi connectivity index (χ1v) is 6.39. The van der Waals surface area contributed by atoms with Crippen molar-refractivity contribution in [1.82, 2.24) is 0 Å². The van der Waals surface area contributed by atoms with Crippen LogP contribution in [0.4, 0.5) is 8.78 Å². The smallest absolute Gasteiger partial charge is 0.193 e. The van der Waals surface area contributed by atoms with Crippen LogP contribution in [0, 0.1) is 15.2 Å². The lowest BCUT2D eigenvalue weighted by molar-refractivity contribution is 0.103. The Labute approximate surface area is 121 Å². The number of carbonyl (C=O) groups is 1. The van der Waals surface area contributed by atoms with E-state index in [1.165, 1.54) is 6.07 Å². The van der Waals surface area contributed by atoms with Crippen LogP contribution in [-0.2, 0) is 0 Å². The third-order valence-electron chi connectivity index (χ3n) is 2.31. The summed E-state index contributed by atoms with van der Waals surface area (Å²) in [5.41, 5.74) is 0.259. The highest BCUT2D eigenvalue weighted by atomic mass is 127. The van der Waals surface area contributed by atoms with Gasteiger partial charge in [0.05, 0.1) is 5.02 Å². The van der Waals surface area contributed by atoms with Gasteiger partial charge in [0.2, 0.25) is 0 Å². The second-order valence-corrected chi connectivity index (χ2v) is 5.19. The zero-order valence-corrected chi connectivity index (χ0v) is 11.8. The molecule has 0 saturated heterocycles. The van der Waals surface area contributed by atoms with Crippen molar-refractivity contribution in [3.63, 3.8) is 0 Å². The Hall–Kier alpha value is -1.01. The highest BCUT2D eigenvalue weighted by Crippen LogP contribution is 2.21. The van der Waals surface area contributed by atoms with Gasteiger partial charge in [-0.2, -0.15) is 0 Å². The molecule has 1 nitrogen and oxygen atoms in total. The summed E-state index contributed by atoms with van der Waals surface area (Å²) in [5.74, 6) is -2.03. The topological polar surface area (TPSA) is 17.1 Å². The van der Waals surface area contributed by atoms with Crippen molar-refractivity contribution in [2.24, 2.45) is 0 Å². The Kier molecular flexibility index (Phi) is 3.97. The van der Waals surface area contributed by atoms with E-state index in [0.29, 0.717) is 10.6 Å². The first kappa shape index (κ1) is 13.4. The monoisotopic (exact) mass is 378 g/mol. The van der Waals surface area contributed by atoms with E-state index in [9.17, 15) is 13.6 Å². The van der Waals surface area contributed by atoms with Crippen LogP contribution in [-0.4, -0.2) is 5.78 Å². The van der Waals surface area contributed by atoms with Crippen LogP contribution in [0.2, 0.25) is 5.02 Å². The fourth-order valence-corrected chi connectivity index (χ4v) is 2.01. The number of carbonyl (C=O) groups excluding carboxylic acids is 1. The Balaban J connectivity index is 2.44. The van der Waals surface area contributed by atoms with Crippen molar-refractivity contribution < 1.29 is 13.6 Å². The maximum Gasteiger partial charge on any atom is 0.193 e. The molecule has 0 N–H and O–H groups in total. The van der Waals surface area contributed by atoms with Gasteiger partial charge in [0, 0.05) is 20.8 Å². The van der Waals surface area contributed by atoms with Gasteiger partial charge in [0.1, 0.15) is 11.6 Å². The average Bonchev–Trinajstić information content (AvgIpc) is 2.30. The van der Waals surface area contributed by atoms with Gasteiger partial charge in [-0.3, -0.25) is 4.79 Å². The minimum absolute atomic E-state index is 0.0372. The van der Waals surface area contributed by atoms with Crippen molar-refractivity contribution in [3.05, 3.63) is 67.8 Å². The first-order valence-electron chi connectivity index (χ1n) is 4.93. The van der Waals surface area contributed by atoms with Gasteiger partial charge < -0.3 is 0 Å². The summed E-state index contributed by atoms with van der Waals surface area (Å²) >= 11 is 7.93. The lowest BCUT2D eigenvalue weighted by Crippen LogP contribution is -2.03. The van der Waals surface area contributed by atoms with Crippen LogP contribution in [0.15, 0.2) is 36.4 Å². The Morgan fingerprint density at radius 2 is 1.61 bits per heavy atom. The molecule has 18 heavy (non-hydrogen) atoms. The van der Waals surface area contributed by atoms with Crippen LogP contribution in [0.3, 0.4) is 0 Å². The summed E-state index contributed by atoms with van der Waals surface area (Å²) in [6.07, 6.45) is 0. The minimum atomic E-state index is -0.782.